The normalized spacial score (nSPS) is 25.7. The lowest BCUT2D eigenvalue weighted by atomic mass is 9.66. The first-order valence-corrected chi connectivity index (χ1v) is 10.4. The first-order valence-electron chi connectivity index (χ1n) is 11.4. The van der Waals surface area contributed by atoms with Crippen molar-refractivity contribution in [3.63, 3.8) is 0 Å². The van der Waals surface area contributed by atoms with Gasteiger partial charge in [0.1, 0.15) is 22.9 Å². The fourth-order valence-corrected chi connectivity index (χ4v) is 4.97. The van der Waals surface area contributed by atoms with Crippen molar-refractivity contribution in [2.24, 2.45) is 5.92 Å². The highest BCUT2D eigenvalue weighted by Gasteiger charge is 2.47. The van der Waals surface area contributed by atoms with Crippen molar-refractivity contribution >= 4 is 5.78 Å². The van der Waals surface area contributed by atoms with Crippen molar-refractivity contribution in [1.29, 1.82) is 0 Å². The van der Waals surface area contributed by atoms with Gasteiger partial charge in [0.15, 0.2) is 0 Å². The van der Waals surface area contributed by atoms with Crippen LogP contribution < -0.4 is 4.74 Å². The summed E-state index contributed by atoms with van der Waals surface area (Å²) in [5, 5.41) is 10.9. The molecule has 3 heteroatoms. The lowest BCUT2D eigenvalue weighted by Gasteiger charge is -2.47. The molecule has 2 aliphatic rings. The number of ketones is 1. The summed E-state index contributed by atoms with van der Waals surface area (Å²) in [7, 11) is 0. The van der Waals surface area contributed by atoms with Gasteiger partial charge in [-0.05, 0) is 49.8 Å². The maximum atomic E-state index is 12.1. The Balaban J connectivity index is 1.85. The van der Waals surface area contributed by atoms with Crippen molar-refractivity contribution in [2.45, 2.75) is 103 Å². The van der Waals surface area contributed by atoms with E-state index in [1.165, 1.54) is 0 Å². The van der Waals surface area contributed by atoms with Gasteiger partial charge < -0.3 is 9.84 Å². The molecular weight excluding hydrogens is 336 g/mol. The highest BCUT2D eigenvalue weighted by Crippen LogP contribution is 2.54. The number of Topliss-reactive ketones (excluding diaryl/α,β-unsaturated/α-hetero) is 1. The number of ether oxygens (including phenoxy) is 1. The average molecular weight is 375 g/mol. The second kappa shape index (κ2) is 7.48. The van der Waals surface area contributed by atoms with Gasteiger partial charge in [-0.1, -0.05) is 46.4 Å². The number of carbonyl (C=O) groups is 1. The summed E-state index contributed by atoms with van der Waals surface area (Å²) in [4.78, 5) is 12.1. The number of rotatable bonds is 6. The quantitative estimate of drug-likeness (QED) is 0.597. The SMILES string of the molecule is [2H]C([2H])(C)CCCCC(C)(C)c1cc(O)c2c(c1)OC(C)(C)[C@@H]1CCC(=O)C[C@@H]21. The molecular formula is C24H36O3. The molecule has 1 aliphatic heterocycles. The van der Waals surface area contributed by atoms with Gasteiger partial charge >= 0.3 is 0 Å². The first kappa shape index (κ1) is 17.6. The van der Waals surface area contributed by atoms with Crippen LogP contribution in [0.25, 0.3) is 0 Å². The molecule has 0 bridgehead atoms. The van der Waals surface area contributed by atoms with E-state index in [0.717, 1.165) is 42.6 Å². The Morgan fingerprint density at radius 3 is 2.74 bits per heavy atom. The van der Waals surface area contributed by atoms with Crippen LogP contribution in [0.2, 0.25) is 0 Å². The number of unbranched alkanes of at least 4 members (excludes halogenated alkanes) is 1. The summed E-state index contributed by atoms with van der Waals surface area (Å²) in [6, 6.07) is 3.92. The van der Waals surface area contributed by atoms with Crippen LogP contribution in [0, 0.1) is 5.92 Å². The number of hydrogen-bond acceptors (Lipinski definition) is 3. The topological polar surface area (TPSA) is 46.5 Å². The Bertz CT molecular complexity index is 777. The fourth-order valence-electron chi connectivity index (χ4n) is 4.97. The molecule has 2 atom stereocenters. The maximum absolute atomic E-state index is 12.1. The smallest absolute Gasteiger partial charge is 0.133 e. The molecule has 1 saturated carbocycles. The van der Waals surface area contributed by atoms with E-state index in [1.807, 2.05) is 6.07 Å². The van der Waals surface area contributed by atoms with Crippen LogP contribution in [0.4, 0.5) is 0 Å². The summed E-state index contributed by atoms with van der Waals surface area (Å²) in [5.41, 5.74) is 1.32. The Morgan fingerprint density at radius 2 is 2.04 bits per heavy atom. The van der Waals surface area contributed by atoms with E-state index in [1.54, 1.807) is 6.92 Å². The number of phenols is 1. The van der Waals surface area contributed by atoms with Crippen LogP contribution in [-0.4, -0.2) is 16.5 Å². The van der Waals surface area contributed by atoms with Crippen LogP contribution in [-0.2, 0) is 10.2 Å². The van der Waals surface area contributed by atoms with Crippen molar-refractivity contribution < 1.29 is 17.4 Å². The van der Waals surface area contributed by atoms with Gasteiger partial charge in [0.25, 0.3) is 0 Å². The van der Waals surface area contributed by atoms with E-state index >= 15 is 0 Å². The molecule has 1 aromatic rings. The van der Waals surface area contributed by atoms with Gasteiger partial charge in [-0.2, -0.15) is 0 Å². The largest absolute Gasteiger partial charge is 0.508 e. The second-order valence-electron chi connectivity index (χ2n) is 9.55. The van der Waals surface area contributed by atoms with Crippen LogP contribution >= 0.6 is 0 Å². The zero-order valence-electron chi connectivity index (χ0n) is 19.5. The molecule has 0 saturated heterocycles. The summed E-state index contributed by atoms with van der Waals surface area (Å²) < 4.78 is 21.8. The molecule has 1 aliphatic carbocycles. The third-order valence-electron chi connectivity index (χ3n) is 6.68. The Labute approximate surface area is 167 Å². The van der Waals surface area contributed by atoms with E-state index in [0.29, 0.717) is 19.3 Å². The molecule has 0 radical (unpaired) electrons. The zero-order chi connectivity index (χ0) is 21.6. The van der Waals surface area contributed by atoms with Gasteiger partial charge in [-0.3, -0.25) is 4.79 Å². The molecule has 150 valence electrons. The summed E-state index contributed by atoms with van der Waals surface area (Å²) >= 11 is 0. The van der Waals surface area contributed by atoms with E-state index in [2.05, 4.69) is 33.8 Å². The van der Waals surface area contributed by atoms with Crippen molar-refractivity contribution in [2.75, 3.05) is 0 Å². The minimum Gasteiger partial charge on any atom is -0.508 e. The van der Waals surface area contributed by atoms with E-state index < -0.39 is 6.37 Å². The average Bonchev–Trinajstić information content (AvgIpc) is 2.56. The number of hydrogen-bond donors (Lipinski definition) is 1. The molecule has 3 rings (SSSR count). The van der Waals surface area contributed by atoms with E-state index in [9.17, 15) is 9.90 Å². The van der Waals surface area contributed by atoms with Crippen molar-refractivity contribution in [3.8, 4) is 11.5 Å². The molecule has 0 spiro atoms. The van der Waals surface area contributed by atoms with E-state index in [4.69, 9.17) is 7.48 Å². The van der Waals surface area contributed by atoms with Crippen LogP contribution in [0.1, 0.15) is 106 Å². The number of phenolic OH excluding ortho intramolecular Hbond substituents is 1. The van der Waals surface area contributed by atoms with Crippen LogP contribution in [0.3, 0.4) is 0 Å². The molecule has 27 heavy (non-hydrogen) atoms. The van der Waals surface area contributed by atoms with Gasteiger partial charge in [-0.15, -0.1) is 0 Å². The minimum atomic E-state index is -1.12. The predicted molar refractivity (Wildman–Crippen MR) is 110 cm³/mol. The second-order valence-corrected chi connectivity index (χ2v) is 9.55. The lowest BCUT2D eigenvalue weighted by Crippen LogP contribution is -2.47. The summed E-state index contributed by atoms with van der Waals surface area (Å²) in [6.07, 6.45) is 4.03. The zero-order valence-corrected chi connectivity index (χ0v) is 17.5. The number of aromatic hydroxyl groups is 1. The molecule has 3 nitrogen and oxygen atoms in total. The Hall–Kier alpha value is -1.51. The number of fused-ring (bicyclic) bond motifs is 3. The first-order chi connectivity index (χ1) is 13.3. The van der Waals surface area contributed by atoms with Gasteiger partial charge in [0.2, 0.25) is 0 Å². The molecule has 1 aromatic carbocycles. The molecule has 1 heterocycles. The highest BCUT2D eigenvalue weighted by molar-refractivity contribution is 5.81. The number of benzene rings is 1. The van der Waals surface area contributed by atoms with Crippen LogP contribution in [0.5, 0.6) is 11.5 Å². The minimum absolute atomic E-state index is 0.0268. The molecule has 0 amide bonds. The Kier molecular flexibility index (Phi) is 4.87. The summed E-state index contributed by atoms with van der Waals surface area (Å²) in [6.45, 7) is 10.1. The molecule has 1 fully saturated rings. The van der Waals surface area contributed by atoms with Crippen molar-refractivity contribution in [1.82, 2.24) is 0 Å². The third kappa shape index (κ3) is 4.02. The van der Waals surface area contributed by atoms with Gasteiger partial charge in [-0.25, -0.2) is 0 Å². The third-order valence-corrected chi connectivity index (χ3v) is 6.68. The van der Waals surface area contributed by atoms with E-state index in [-0.39, 0.29) is 34.4 Å². The molecule has 0 unspecified atom stereocenters. The fraction of sp³-hybridized carbons (Fsp3) is 0.708. The van der Waals surface area contributed by atoms with Crippen LogP contribution in [0.15, 0.2) is 12.1 Å². The predicted octanol–water partition coefficient (Wildman–Crippen LogP) is 6.26. The monoisotopic (exact) mass is 374 g/mol. The standard InChI is InChI=1S/C24H36O3/c1-6-7-8-9-12-23(2,3)16-13-20(26)22-18-15-17(25)10-11-19(18)24(4,5)27-21(22)14-16/h13-14,18-19,26H,6-12,15H2,1-5H3/t18-,19-/m1/s1/i6D2. The maximum Gasteiger partial charge on any atom is 0.133 e. The number of carbonyl (C=O) groups excluding carboxylic acids is 1. The Morgan fingerprint density at radius 1 is 1.30 bits per heavy atom. The highest BCUT2D eigenvalue weighted by atomic mass is 16.5. The molecule has 1 N–H and O–H groups in total. The molecule has 0 aromatic heterocycles. The van der Waals surface area contributed by atoms with Gasteiger partial charge in [0, 0.05) is 33.0 Å². The lowest BCUT2D eigenvalue weighted by molar-refractivity contribution is -0.124. The van der Waals surface area contributed by atoms with Gasteiger partial charge in [0.05, 0.1) is 0 Å². The van der Waals surface area contributed by atoms with Crippen molar-refractivity contribution in [3.05, 3.63) is 23.3 Å². The summed E-state index contributed by atoms with van der Waals surface area (Å²) in [5.74, 6) is 1.50.